The maximum atomic E-state index is 11.0. The van der Waals surface area contributed by atoms with Crippen LogP contribution in [0.5, 0.6) is 0 Å². The number of hydrogen-bond acceptors (Lipinski definition) is 5. The predicted octanol–water partition coefficient (Wildman–Crippen LogP) is 1.71. The third-order valence-electron chi connectivity index (χ3n) is 3.79. The normalized spacial score (nSPS) is 15.2. The minimum Gasteiger partial charge on any atom is -0.547 e. The van der Waals surface area contributed by atoms with Crippen molar-refractivity contribution >= 4 is 5.97 Å². The number of methoxy groups -OCH3 is 3. The number of rotatable bonds is 11. The number of carbonyl (C=O) groups is 1. The predicted molar refractivity (Wildman–Crippen MR) is 81.3 cm³/mol. The highest BCUT2D eigenvalue weighted by molar-refractivity contribution is 5.70. The molecular formula is C17H25O5-. The van der Waals surface area contributed by atoms with E-state index in [9.17, 15) is 9.90 Å². The summed E-state index contributed by atoms with van der Waals surface area (Å²) in [5, 5.41) is 11.0. The van der Waals surface area contributed by atoms with E-state index in [2.05, 4.69) is 0 Å². The van der Waals surface area contributed by atoms with Crippen LogP contribution in [0.4, 0.5) is 0 Å². The minimum absolute atomic E-state index is 0.0570. The fourth-order valence-corrected chi connectivity index (χ4v) is 2.56. The summed E-state index contributed by atoms with van der Waals surface area (Å²) >= 11 is 0. The third kappa shape index (κ3) is 5.75. The van der Waals surface area contributed by atoms with Gasteiger partial charge in [-0.3, -0.25) is 0 Å². The highest BCUT2D eigenvalue weighted by atomic mass is 16.5. The topological polar surface area (TPSA) is 67.8 Å². The molecule has 0 saturated carbocycles. The number of unbranched alkanes of at least 4 members (excludes halogenated alkanes) is 1. The van der Waals surface area contributed by atoms with Crippen molar-refractivity contribution in [3.8, 4) is 0 Å². The fourth-order valence-electron chi connectivity index (χ4n) is 2.56. The van der Waals surface area contributed by atoms with Crippen molar-refractivity contribution in [3.63, 3.8) is 0 Å². The Hall–Kier alpha value is -1.43. The van der Waals surface area contributed by atoms with Gasteiger partial charge in [0.25, 0.3) is 0 Å². The van der Waals surface area contributed by atoms with Crippen LogP contribution in [0.15, 0.2) is 30.3 Å². The van der Waals surface area contributed by atoms with Gasteiger partial charge >= 0.3 is 0 Å². The van der Waals surface area contributed by atoms with E-state index < -0.39 is 18.2 Å². The fraction of sp³-hybridized carbons (Fsp3) is 0.588. The maximum Gasteiger partial charge on any atom is 0.122 e. The van der Waals surface area contributed by atoms with Gasteiger partial charge < -0.3 is 24.1 Å². The standard InChI is InChI=1S/C17H26O5/c1-20-14(13-9-5-4-6-10-13)11-7-8-12-15(21-2)16(22-3)17(18)19/h4-6,9-10,14-16H,7-8,11-12H2,1-3H3,(H,18,19)/p-1/t14-,15+,16+/m1/s1. The van der Waals surface area contributed by atoms with Crippen LogP contribution in [0.3, 0.4) is 0 Å². The van der Waals surface area contributed by atoms with Gasteiger partial charge in [-0.1, -0.05) is 43.2 Å². The van der Waals surface area contributed by atoms with Crippen molar-refractivity contribution in [1.29, 1.82) is 0 Å². The Morgan fingerprint density at radius 1 is 1.00 bits per heavy atom. The summed E-state index contributed by atoms with van der Waals surface area (Å²) in [6, 6.07) is 10.0. The van der Waals surface area contributed by atoms with Crippen LogP contribution in [0.2, 0.25) is 0 Å². The molecule has 0 aliphatic heterocycles. The van der Waals surface area contributed by atoms with Crippen molar-refractivity contribution in [3.05, 3.63) is 35.9 Å². The molecule has 1 aromatic rings. The van der Waals surface area contributed by atoms with Gasteiger partial charge in [0, 0.05) is 21.3 Å². The minimum atomic E-state index is -1.24. The van der Waals surface area contributed by atoms with Gasteiger partial charge in [0.15, 0.2) is 0 Å². The molecule has 0 N–H and O–H groups in total. The van der Waals surface area contributed by atoms with Crippen molar-refractivity contribution in [2.75, 3.05) is 21.3 Å². The molecule has 0 bridgehead atoms. The molecule has 1 rings (SSSR count). The molecule has 0 radical (unpaired) electrons. The first-order chi connectivity index (χ1) is 10.6. The van der Waals surface area contributed by atoms with Crippen LogP contribution in [-0.4, -0.2) is 39.5 Å². The highest BCUT2D eigenvalue weighted by Crippen LogP contribution is 2.23. The van der Waals surface area contributed by atoms with Gasteiger partial charge in [-0.15, -0.1) is 0 Å². The quantitative estimate of drug-likeness (QED) is 0.582. The maximum absolute atomic E-state index is 11.0. The smallest absolute Gasteiger partial charge is 0.122 e. The Balaban J connectivity index is 2.41. The number of benzene rings is 1. The first-order valence-electron chi connectivity index (χ1n) is 7.48. The first-order valence-corrected chi connectivity index (χ1v) is 7.48. The van der Waals surface area contributed by atoms with Gasteiger partial charge in [-0.2, -0.15) is 0 Å². The SMILES string of the molecule is CO[C@@H](CCCC[C@@H](OC)c1ccccc1)[C@H](OC)C(=O)[O-]. The zero-order chi connectivity index (χ0) is 16.4. The number of carbonyl (C=O) groups excluding carboxylic acids is 1. The van der Waals surface area contributed by atoms with Crippen molar-refractivity contribution < 1.29 is 24.1 Å². The third-order valence-corrected chi connectivity index (χ3v) is 3.79. The molecule has 0 heterocycles. The van der Waals surface area contributed by atoms with E-state index >= 15 is 0 Å². The van der Waals surface area contributed by atoms with E-state index in [4.69, 9.17) is 14.2 Å². The average Bonchev–Trinajstić information content (AvgIpc) is 2.54. The summed E-state index contributed by atoms with van der Waals surface area (Å²) in [7, 11) is 4.54. The molecule has 0 amide bonds. The second kappa shape index (κ2) is 10.3. The van der Waals surface area contributed by atoms with Gasteiger partial charge in [0.05, 0.1) is 18.2 Å². The van der Waals surface area contributed by atoms with E-state index in [1.807, 2.05) is 30.3 Å². The number of carboxylic acids is 1. The van der Waals surface area contributed by atoms with Crippen LogP contribution in [-0.2, 0) is 19.0 Å². The molecule has 0 aliphatic carbocycles. The summed E-state index contributed by atoms with van der Waals surface area (Å²) < 4.78 is 15.6. The summed E-state index contributed by atoms with van der Waals surface area (Å²) in [6.07, 6.45) is 1.76. The van der Waals surface area contributed by atoms with Crippen LogP contribution in [0, 0.1) is 0 Å². The second-order valence-corrected chi connectivity index (χ2v) is 5.17. The summed E-state index contributed by atoms with van der Waals surface area (Å²) in [5.41, 5.74) is 1.15. The number of carboxylic acid groups (broad SMARTS) is 1. The molecule has 0 unspecified atom stereocenters. The van der Waals surface area contributed by atoms with Crippen LogP contribution in [0.25, 0.3) is 0 Å². The zero-order valence-electron chi connectivity index (χ0n) is 13.5. The Morgan fingerprint density at radius 3 is 2.14 bits per heavy atom. The molecule has 1 aromatic carbocycles. The Bertz CT molecular complexity index is 420. The molecule has 0 aliphatic rings. The van der Waals surface area contributed by atoms with Gasteiger partial charge in [0.1, 0.15) is 6.10 Å². The van der Waals surface area contributed by atoms with Crippen molar-refractivity contribution in [2.24, 2.45) is 0 Å². The van der Waals surface area contributed by atoms with Crippen LogP contribution >= 0.6 is 0 Å². The molecule has 124 valence electrons. The number of ether oxygens (including phenoxy) is 3. The monoisotopic (exact) mass is 309 g/mol. The molecule has 5 nitrogen and oxygen atoms in total. The van der Waals surface area contributed by atoms with E-state index in [0.29, 0.717) is 6.42 Å². The lowest BCUT2D eigenvalue weighted by atomic mass is 10.0. The molecular weight excluding hydrogens is 284 g/mol. The van der Waals surface area contributed by atoms with Crippen molar-refractivity contribution in [2.45, 2.75) is 44.0 Å². The Labute approximate surface area is 132 Å². The summed E-state index contributed by atoms with van der Waals surface area (Å²) in [5.74, 6) is -1.24. The first kappa shape index (κ1) is 18.6. The van der Waals surface area contributed by atoms with Gasteiger partial charge in [0.2, 0.25) is 0 Å². The Morgan fingerprint density at radius 2 is 1.64 bits per heavy atom. The van der Waals surface area contributed by atoms with Crippen molar-refractivity contribution in [1.82, 2.24) is 0 Å². The lowest BCUT2D eigenvalue weighted by Crippen LogP contribution is -2.45. The largest absolute Gasteiger partial charge is 0.547 e. The molecule has 5 heteroatoms. The molecule has 0 fully saturated rings. The summed E-state index contributed by atoms with van der Waals surface area (Å²) in [6.45, 7) is 0. The molecule has 0 aromatic heterocycles. The average molecular weight is 309 g/mol. The summed E-state index contributed by atoms with van der Waals surface area (Å²) in [4.78, 5) is 11.0. The van der Waals surface area contributed by atoms with E-state index in [1.165, 1.54) is 14.2 Å². The molecule has 3 atom stereocenters. The van der Waals surface area contributed by atoms with Gasteiger partial charge in [-0.25, -0.2) is 0 Å². The Kier molecular flexibility index (Phi) is 8.74. The zero-order valence-corrected chi connectivity index (χ0v) is 13.5. The highest BCUT2D eigenvalue weighted by Gasteiger charge is 2.22. The van der Waals surface area contributed by atoms with E-state index in [1.54, 1.807) is 7.11 Å². The molecule has 0 spiro atoms. The lowest BCUT2D eigenvalue weighted by Gasteiger charge is -2.25. The lowest BCUT2D eigenvalue weighted by molar-refractivity contribution is -0.320. The second-order valence-electron chi connectivity index (χ2n) is 5.17. The van der Waals surface area contributed by atoms with Crippen LogP contribution < -0.4 is 5.11 Å². The van der Waals surface area contributed by atoms with E-state index in [0.717, 1.165) is 24.8 Å². The van der Waals surface area contributed by atoms with E-state index in [-0.39, 0.29) is 6.10 Å². The van der Waals surface area contributed by atoms with Crippen LogP contribution in [0.1, 0.15) is 37.4 Å². The molecule has 22 heavy (non-hydrogen) atoms. The number of hydrogen-bond donors (Lipinski definition) is 0. The number of aliphatic carboxylic acids is 1. The van der Waals surface area contributed by atoms with Gasteiger partial charge in [-0.05, 0) is 18.4 Å². The molecule has 0 saturated heterocycles.